The maximum atomic E-state index is 12.0. The van der Waals surface area contributed by atoms with E-state index in [2.05, 4.69) is 22.7 Å². The molecule has 1 aromatic heterocycles. The fraction of sp³-hybridized carbons (Fsp3) is 0.714. The lowest BCUT2D eigenvalue weighted by Crippen LogP contribution is -2.26. The molecule has 1 fully saturated rings. The third-order valence-electron chi connectivity index (χ3n) is 3.68. The number of aryl methyl sites for hydroxylation is 1. The Bertz CT molecular complexity index is 483. The predicted octanol–water partition coefficient (Wildman–Crippen LogP) is 2.25. The lowest BCUT2D eigenvalue weighted by Gasteiger charge is -2.13. The van der Waals surface area contributed by atoms with Gasteiger partial charge in [-0.05, 0) is 32.2 Å². The van der Waals surface area contributed by atoms with Crippen LogP contribution in [-0.4, -0.2) is 28.9 Å². The van der Waals surface area contributed by atoms with Crippen LogP contribution >= 0.6 is 11.6 Å². The van der Waals surface area contributed by atoms with E-state index in [1.807, 2.05) is 0 Å². The Morgan fingerprint density at radius 3 is 3.15 bits per heavy atom. The first kappa shape index (κ1) is 15.3. The normalized spacial score (nSPS) is 18.4. The van der Waals surface area contributed by atoms with Crippen molar-refractivity contribution in [1.29, 1.82) is 0 Å². The molecule has 1 atom stereocenters. The third kappa shape index (κ3) is 3.96. The smallest absolute Gasteiger partial charge is 0.287 e. The molecule has 0 saturated carbocycles. The van der Waals surface area contributed by atoms with Gasteiger partial charge in [-0.15, -0.1) is 0 Å². The molecule has 0 aromatic carbocycles. The highest BCUT2D eigenvalue weighted by molar-refractivity contribution is 6.32. The minimum absolute atomic E-state index is 0.205. The molecular weight excluding hydrogens is 276 g/mol. The first-order valence-electron chi connectivity index (χ1n) is 7.45. The minimum Gasteiger partial charge on any atom is -0.382 e. The molecule has 2 N–H and O–H groups in total. The van der Waals surface area contributed by atoms with E-state index < -0.39 is 0 Å². The van der Waals surface area contributed by atoms with Crippen LogP contribution in [0.3, 0.4) is 0 Å². The molecule has 20 heavy (non-hydrogen) atoms. The van der Waals surface area contributed by atoms with Gasteiger partial charge in [-0.3, -0.25) is 4.79 Å². The van der Waals surface area contributed by atoms with Gasteiger partial charge in [-0.1, -0.05) is 24.9 Å². The zero-order valence-corrected chi connectivity index (χ0v) is 12.7. The monoisotopic (exact) mass is 298 g/mol. The maximum Gasteiger partial charge on any atom is 0.287 e. The van der Waals surface area contributed by atoms with Gasteiger partial charge in [0.05, 0.1) is 11.9 Å². The molecule has 2 rings (SSSR count). The van der Waals surface area contributed by atoms with E-state index in [-0.39, 0.29) is 10.6 Å². The highest BCUT2D eigenvalue weighted by Crippen LogP contribution is 2.16. The molecule has 5 nitrogen and oxygen atoms in total. The molecule has 1 saturated heterocycles. The number of unbranched alkanes of at least 4 members (excludes halogenated alkanes) is 1. The van der Waals surface area contributed by atoms with Gasteiger partial charge in [0, 0.05) is 19.1 Å². The molecule has 0 aliphatic carbocycles. The van der Waals surface area contributed by atoms with Crippen LogP contribution in [0.5, 0.6) is 0 Å². The summed E-state index contributed by atoms with van der Waals surface area (Å²) in [6, 6.07) is 0.583. The van der Waals surface area contributed by atoms with E-state index in [0.29, 0.717) is 18.3 Å². The number of nitrogens with one attached hydrogen (secondary N) is 2. The summed E-state index contributed by atoms with van der Waals surface area (Å²) < 4.78 is 1.44. The van der Waals surface area contributed by atoms with E-state index in [1.165, 1.54) is 17.5 Å². The summed E-state index contributed by atoms with van der Waals surface area (Å²) in [6.07, 6.45) is 7.13. The molecule has 0 unspecified atom stereocenters. The average Bonchev–Trinajstić information content (AvgIpc) is 2.96. The van der Waals surface area contributed by atoms with Crippen LogP contribution in [-0.2, 0) is 6.54 Å². The van der Waals surface area contributed by atoms with Crippen molar-refractivity contribution in [2.24, 2.45) is 0 Å². The van der Waals surface area contributed by atoms with Crippen LogP contribution in [0.15, 0.2) is 11.0 Å². The van der Waals surface area contributed by atoms with Gasteiger partial charge in [0.25, 0.3) is 5.56 Å². The Kier molecular flexibility index (Phi) is 5.86. The molecule has 2 heterocycles. The van der Waals surface area contributed by atoms with Gasteiger partial charge in [0.2, 0.25) is 0 Å². The number of hydrogen-bond donors (Lipinski definition) is 2. The highest BCUT2D eigenvalue weighted by Gasteiger charge is 2.14. The Morgan fingerprint density at radius 1 is 1.60 bits per heavy atom. The number of nitrogens with zero attached hydrogens (tertiary/aromatic N) is 2. The first-order chi connectivity index (χ1) is 9.72. The van der Waals surface area contributed by atoms with E-state index in [1.54, 1.807) is 6.20 Å². The number of hydrogen-bond acceptors (Lipinski definition) is 4. The molecule has 6 heteroatoms. The van der Waals surface area contributed by atoms with Crippen molar-refractivity contribution in [3.8, 4) is 0 Å². The Hall–Kier alpha value is -1.07. The predicted molar refractivity (Wildman–Crippen MR) is 82.5 cm³/mol. The quantitative estimate of drug-likeness (QED) is 0.810. The fourth-order valence-electron chi connectivity index (χ4n) is 2.44. The van der Waals surface area contributed by atoms with Crippen molar-refractivity contribution in [2.45, 2.75) is 51.6 Å². The summed E-state index contributed by atoms with van der Waals surface area (Å²) >= 11 is 6.12. The van der Waals surface area contributed by atoms with Crippen molar-refractivity contribution in [3.63, 3.8) is 0 Å². The SMILES string of the molecule is CCCCn1ncc(NCC[C@H]2CCCN2)c(Cl)c1=O. The summed E-state index contributed by atoms with van der Waals surface area (Å²) in [7, 11) is 0. The van der Waals surface area contributed by atoms with Crippen LogP contribution in [0.4, 0.5) is 5.69 Å². The van der Waals surface area contributed by atoms with Crippen LogP contribution in [0.1, 0.15) is 39.0 Å². The van der Waals surface area contributed by atoms with Crippen molar-refractivity contribution in [1.82, 2.24) is 15.1 Å². The van der Waals surface area contributed by atoms with Gasteiger partial charge in [0.1, 0.15) is 5.02 Å². The minimum atomic E-state index is -0.205. The molecule has 1 aromatic rings. The van der Waals surface area contributed by atoms with Gasteiger partial charge in [-0.25, -0.2) is 4.68 Å². The second-order valence-electron chi connectivity index (χ2n) is 5.26. The molecule has 0 radical (unpaired) electrons. The Morgan fingerprint density at radius 2 is 2.45 bits per heavy atom. The number of rotatable bonds is 7. The van der Waals surface area contributed by atoms with Crippen LogP contribution in [0.2, 0.25) is 5.02 Å². The molecule has 1 aliphatic heterocycles. The number of anilines is 1. The van der Waals surface area contributed by atoms with Crippen molar-refractivity contribution >= 4 is 17.3 Å². The van der Waals surface area contributed by atoms with E-state index >= 15 is 0 Å². The lowest BCUT2D eigenvalue weighted by atomic mass is 10.1. The van der Waals surface area contributed by atoms with Crippen LogP contribution in [0.25, 0.3) is 0 Å². The maximum absolute atomic E-state index is 12.0. The third-order valence-corrected chi connectivity index (χ3v) is 4.04. The van der Waals surface area contributed by atoms with Crippen LogP contribution in [0, 0.1) is 0 Å². The van der Waals surface area contributed by atoms with E-state index in [4.69, 9.17) is 11.6 Å². The number of halogens is 1. The lowest BCUT2D eigenvalue weighted by molar-refractivity contribution is 0.542. The van der Waals surface area contributed by atoms with Crippen molar-refractivity contribution < 1.29 is 0 Å². The topological polar surface area (TPSA) is 59.0 Å². The molecule has 0 bridgehead atoms. The second kappa shape index (κ2) is 7.64. The molecule has 112 valence electrons. The summed E-state index contributed by atoms with van der Waals surface area (Å²) in [5.41, 5.74) is 0.437. The molecule has 0 spiro atoms. The average molecular weight is 299 g/mol. The Balaban J connectivity index is 1.91. The summed E-state index contributed by atoms with van der Waals surface area (Å²) in [4.78, 5) is 12.0. The molecule has 0 amide bonds. The molecular formula is C14H23ClN4O. The summed E-state index contributed by atoms with van der Waals surface area (Å²) in [6.45, 7) is 4.62. The van der Waals surface area contributed by atoms with Crippen molar-refractivity contribution in [3.05, 3.63) is 21.6 Å². The van der Waals surface area contributed by atoms with Gasteiger partial charge in [-0.2, -0.15) is 5.10 Å². The zero-order valence-electron chi connectivity index (χ0n) is 12.0. The first-order valence-corrected chi connectivity index (χ1v) is 7.83. The fourth-order valence-corrected chi connectivity index (χ4v) is 2.65. The Labute approximate surface area is 124 Å². The van der Waals surface area contributed by atoms with Crippen LogP contribution < -0.4 is 16.2 Å². The van der Waals surface area contributed by atoms with E-state index in [0.717, 1.165) is 32.4 Å². The zero-order chi connectivity index (χ0) is 14.4. The largest absolute Gasteiger partial charge is 0.382 e. The van der Waals surface area contributed by atoms with E-state index in [9.17, 15) is 4.79 Å². The highest BCUT2D eigenvalue weighted by atomic mass is 35.5. The second-order valence-corrected chi connectivity index (χ2v) is 5.64. The van der Waals surface area contributed by atoms with Gasteiger partial charge >= 0.3 is 0 Å². The van der Waals surface area contributed by atoms with Gasteiger partial charge < -0.3 is 10.6 Å². The molecule has 1 aliphatic rings. The van der Waals surface area contributed by atoms with Gasteiger partial charge in [0.15, 0.2) is 0 Å². The summed E-state index contributed by atoms with van der Waals surface area (Å²) in [5.74, 6) is 0. The standard InChI is InChI=1S/C14H23ClN4O/c1-2-3-9-19-14(20)13(15)12(10-18-19)17-8-6-11-5-4-7-16-11/h10-11,16-17H,2-9H2,1H3/t11-/m1/s1. The number of aromatic nitrogens is 2. The summed E-state index contributed by atoms with van der Waals surface area (Å²) in [5, 5.41) is 11.1. The van der Waals surface area contributed by atoms with Crippen molar-refractivity contribution in [2.75, 3.05) is 18.4 Å².